The monoisotopic (exact) mass is 579 g/mol. The normalized spacial score (nSPS) is 11.6. The molecule has 40 heavy (non-hydrogen) atoms. The molecule has 0 saturated heterocycles. The van der Waals surface area contributed by atoms with Crippen LogP contribution in [0.2, 0.25) is 0 Å². The molecule has 0 saturated carbocycles. The van der Waals surface area contributed by atoms with Gasteiger partial charge in [0.05, 0.1) is 26.5 Å². The van der Waals surface area contributed by atoms with Crippen LogP contribution in [-0.2, 0) is 12.4 Å². The third-order valence-corrected chi connectivity index (χ3v) is 4.90. The maximum absolute atomic E-state index is 13.7. The maximum Gasteiger partial charge on any atom is 0.419 e. The first-order valence-electron chi connectivity index (χ1n) is 10.1. The third kappa shape index (κ3) is 6.11. The van der Waals surface area contributed by atoms with Crippen LogP contribution in [0.4, 0.5) is 46.5 Å². The Bertz CT molecular complexity index is 1620. The van der Waals surface area contributed by atoms with E-state index in [-0.39, 0.29) is 23.6 Å². The van der Waals surface area contributed by atoms with Crippen LogP contribution in [0, 0.1) is 31.9 Å². The molecule has 3 aromatic carbocycles. The molecule has 0 spiro atoms. The summed E-state index contributed by atoms with van der Waals surface area (Å²) in [5.41, 5.74) is -7.24. The first kappa shape index (κ1) is 29.4. The van der Waals surface area contributed by atoms with E-state index in [2.05, 4.69) is 4.98 Å². The molecule has 0 aliphatic heterocycles. The molecule has 1 aromatic heterocycles. The zero-order chi connectivity index (χ0) is 30.2. The second-order valence-electron chi connectivity index (χ2n) is 7.52. The van der Waals surface area contributed by atoms with Crippen molar-refractivity contribution in [2.75, 3.05) is 0 Å². The van der Waals surface area contributed by atoms with Crippen molar-refractivity contribution in [1.29, 1.82) is 0 Å². The van der Waals surface area contributed by atoms with Crippen LogP contribution in [-0.4, -0.2) is 25.9 Å². The first-order chi connectivity index (χ1) is 18.4. The molecule has 0 amide bonds. The molecule has 4 rings (SSSR count). The second-order valence-corrected chi connectivity index (χ2v) is 7.52. The molecule has 0 atom stereocenters. The molecule has 0 bridgehead atoms. The lowest BCUT2D eigenvalue weighted by molar-refractivity contribution is -0.388. The number of aromatic nitrogens is 1. The number of fused-ring (bicyclic) bond motifs is 1. The Kier molecular flexibility index (Phi) is 7.75. The number of halogens is 8. The van der Waals surface area contributed by atoms with Gasteiger partial charge >= 0.3 is 29.7 Å². The predicted molar refractivity (Wildman–Crippen MR) is 116 cm³/mol. The quantitative estimate of drug-likeness (QED) is 0.154. The van der Waals surface area contributed by atoms with Gasteiger partial charge in [-0.3, -0.25) is 20.2 Å². The third-order valence-electron chi connectivity index (χ3n) is 4.90. The van der Waals surface area contributed by atoms with Crippen LogP contribution in [0.15, 0.2) is 52.9 Å². The Morgan fingerprint density at radius 3 is 1.80 bits per heavy atom. The van der Waals surface area contributed by atoms with Gasteiger partial charge in [-0.1, -0.05) is 12.1 Å². The molecule has 0 aliphatic rings. The van der Waals surface area contributed by atoms with Gasteiger partial charge in [0.15, 0.2) is 5.58 Å². The fourth-order valence-electron chi connectivity index (χ4n) is 3.14. The molecule has 0 unspecified atom stereocenters. The van der Waals surface area contributed by atoms with Gasteiger partial charge < -0.3 is 9.52 Å². The van der Waals surface area contributed by atoms with Crippen LogP contribution in [0.1, 0.15) is 21.5 Å². The van der Waals surface area contributed by atoms with Gasteiger partial charge in [-0.25, -0.2) is 9.78 Å². The highest BCUT2D eigenvalue weighted by Gasteiger charge is 2.40. The van der Waals surface area contributed by atoms with E-state index < -0.39 is 67.9 Å². The van der Waals surface area contributed by atoms with Gasteiger partial charge in [0.2, 0.25) is 17.5 Å². The predicted octanol–water partition coefficient (Wildman–Crippen LogP) is 7.01. The number of hydrogen-bond donors (Lipinski definition) is 1. The lowest BCUT2D eigenvalue weighted by Gasteiger charge is -2.09. The standard InChI is InChI=1S/C14H6F4N2O3.C8H3F4NO4/c15-12-8(14(16,17)18)5-7(6-10(12)20(21)22)13-19-9-3-1-2-4-11(9)23-13;9-6-4(8(10,11)12)1-3(7(14)15)2-5(6)13(16)17/h1-6H;1-2H,(H,14,15). The van der Waals surface area contributed by atoms with E-state index in [0.717, 1.165) is 0 Å². The number of benzene rings is 3. The Balaban J connectivity index is 0.000000232. The van der Waals surface area contributed by atoms with Gasteiger partial charge in [0, 0.05) is 17.7 Å². The van der Waals surface area contributed by atoms with Crippen LogP contribution < -0.4 is 0 Å². The van der Waals surface area contributed by atoms with Crippen molar-refractivity contribution in [3.05, 3.63) is 97.1 Å². The van der Waals surface area contributed by atoms with Crippen molar-refractivity contribution >= 4 is 28.4 Å². The van der Waals surface area contributed by atoms with Crippen molar-refractivity contribution in [3.8, 4) is 11.5 Å². The number of para-hydroxylation sites is 2. The molecule has 0 aliphatic carbocycles. The zero-order valence-corrected chi connectivity index (χ0v) is 18.9. The molecule has 10 nitrogen and oxygen atoms in total. The van der Waals surface area contributed by atoms with E-state index in [0.29, 0.717) is 23.2 Å². The van der Waals surface area contributed by atoms with Crippen LogP contribution in [0.5, 0.6) is 0 Å². The van der Waals surface area contributed by atoms with Gasteiger partial charge in [-0.2, -0.15) is 35.1 Å². The summed E-state index contributed by atoms with van der Waals surface area (Å²) in [5, 5.41) is 29.5. The summed E-state index contributed by atoms with van der Waals surface area (Å²) in [6.07, 6.45) is -10.3. The number of nitro groups is 2. The molecular weight excluding hydrogens is 570 g/mol. The number of aromatic carboxylic acids is 1. The van der Waals surface area contributed by atoms with E-state index in [1.807, 2.05) is 0 Å². The molecule has 18 heteroatoms. The average molecular weight is 579 g/mol. The lowest BCUT2D eigenvalue weighted by atomic mass is 10.1. The van der Waals surface area contributed by atoms with E-state index in [1.54, 1.807) is 18.2 Å². The first-order valence-corrected chi connectivity index (χ1v) is 10.1. The fraction of sp³-hybridized carbons (Fsp3) is 0.0909. The molecule has 1 heterocycles. The maximum atomic E-state index is 13.7. The van der Waals surface area contributed by atoms with Gasteiger partial charge in [0.1, 0.15) is 5.52 Å². The smallest absolute Gasteiger partial charge is 0.419 e. The minimum Gasteiger partial charge on any atom is -0.478 e. The van der Waals surface area contributed by atoms with Crippen LogP contribution in [0.25, 0.3) is 22.6 Å². The van der Waals surface area contributed by atoms with Crippen molar-refractivity contribution < 1.29 is 59.3 Å². The highest BCUT2D eigenvalue weighted by molar-refractivity contribution is 5.88. The van der Waals surface area contributed by atoms with Crippen LogP contribution in [0.3, 0.4) is 0 Å². The van der Waals surface area contributed by atoms with E-state index >= 15 is 0 Å². The Labute approximate surface area is 214 Å². The number of nitrogens with zero attached hydrogens (tertiary/aromatic N) is 3. The van der Waals surface area contributed by atoms with Crippen molar-refractivity contribution in [3.63, 3.8) is 0 Å². The number of nitro benzene ring substituents is 2. The van der Waals surface area contributed by atoms with E-state index in [1.165, 1.54) is 6.07 Å². The van der Waals surface area contributed by atoms with E-state index in [4.69, 9.17) is 9.52 Å². The van der Waals surface area contributed by atoms with Crippen LogP contribution >= 0.6 is 0 Å². The highest BCUT2D eigenvalue weighted by atomic mass is 19.4. The van der Waals surface area contributed by atoms with Crippen molar-refractivity contribution in [2.45, 2.75) is 12.4 Å². The summed E-state index contributed by atoms with van der Waals surface area (Å²) in [7, 11) is 0. The number of oxazole rings is 1. The topological polar surface area (TPSA) is 150 Å². The lowest BCUT2D eigenvalue weighted by Crippen LogP contribution is -2.12. The summed E-state index contributed by atoms with van der Waals surface area (Å²) in [5.74, 6) is -6.13. The summed E-state index contributed by atoms with van der Waals surface area (Å²) in [4.78, 5) is 32.9. The minimum atomic E-state index is -5.21. The summed E-state index contributed by atoms with van der Waals surface area (Å²) in [6, 6.07) is 7.70. The molecule has 210 valence electrons. The summed E-state index contributed by atoms with van der Waals surface area (Å²) >= 11 is 0. The Hall–Kier alpha value is -5.16. The molecule has 1 N–H and O–H groups in total. The zero-order valence-electron chi connectivity index (χ0n) is 18.9. The average Bonchev–Trinajstić information content (AvgIpc) is 3.27. The fourth-order valence-corrected chi connectivity index (χ4v) is 3.14. The van der Waals surface area contributed by atoms with Gasteiger partial charge in [-0.05, 0) is 24.3 Å². The van der Waals surface area contributed by atoms with E-state index in [9.17, 15) is 60.1 Å². The minimum absolute atomic E-state index is 0.00463. The highest BCUT2D eigenvalue weighted by Crippen LogP contribution is 2.39. The largest absolute Gasteiger partial charge is 0.478 e. The molecule has 0 fully saturated rings. The van der Waals surface area contributed by atoms with Gasteiger partial charge in [0.25, 0.3) is 0 Å². The number of carboxylic acids is 1. The van der Waals surface area contributed by atoms with Gasteiger partial charge in [-0.15, -0.1) is 0 Å². The number of alkyl halides is 6. The number of rotatable bonds is 4. The number of hydrogen-bond acceptors (Lipinski definition) is 7. The molecular formula is C22H9F8N3O7. The summed E-state index contributed by atoms with van der Waals surface area (Å²) in [6.45, 7) is 0. The second kappa shape index (κ2) is 10.5. The Morgan fingerprint density at radius 1 is 0.825 bits per heavy atom. The Morgan fingerprint density at radius 2 is 1.32 bits per heavy atom. The summed E-state index contributed by atoms with van der Waals surface area (Å²) < 4.78 is 108. The number of carboxylic acid groups (broad SMARTS) is 1. The SMILES string of the molecule is O=C(O)c1cc([N+](=O)[O-])c(F)c(C(F)(F)F)c1.O=[N+]([O-])c1cc(-c2nc3ccccc3o2)cc(C(F)(F)F)c1F. The molecule has 4 aromatic rings. The molecule has 0 radical (unpaired) electrons. The van der Waals surface area contributed by atoms with Crippen molar-refractivity contribution in [1.82, 2.24) is 4.98 Å². The number of carbonyl (C=O) groups is 1. The van der Waals surface area contributed by atoms with Crippen molar-refractivity contribution in [2.24, 2.45) is 0 Å².